The second-order valence-electron chi connectivity index (χ2n) is 6.84. The van der Waals surface area contributed by atoms with Gasteiger partial charge in [-0.1, -0.05) is 17.7 Å². The second-order valence-corrected chi connectivity index (χ2v) is 6.84. The van der Waals surface area contributed by atoms with E-state index in [0.717, 1.165) is 17.3 Å². The Kier molecular flexibility index (Phi) is 6.04. The van der Waals surface area contributed by atoms with E-state index in [9.17, 15) is 18.0 Å². The van der Waals surface area contributed by atoms with Crippen LogP contribution in [0.3, 0.4) is 0 Å². The Labute approximate surface area is 161 Å². The zero-order chi connectivity index (χ0) is 20.3. The van der Waals surface area contributed by atoms with Gasteiger partial charge in [-0.25, -0.2) is 13.2 Å². The molecule has 2 unspecified atom stereocenters. The van der Waals surface area contributed by atoms with E-state index in [0.29, 0.717) is 31.2 Å². The molecule has 0 heterocycles. The summed E-state index contributed by atoms with van der Waals surface area (Å²) in [4.78, 5) is 11.0. The van der Waals surface area contributed by atoms with Crippen molar-refractivity contribution in [1.82, 2.24) is 0 Å². The van der Waals surface area contributed by atoms with Crippen LogP contribution < -0.4 is 15.8 Å². The fourth-order valence-corrected chi connectivity index (χ4v) is 3.37. The first-order valence-corrected chi connectivity index (χ1v) is 8.93. The van der Waals surface area contributed by atoms with Gasteiger partial charge in [0.05, 0.1) is 0 Å². The first-order valence-electron chi connectivity index (χ1n) is 8.93. The Morgan fingerprint density at radius 1 is 1.18 bits per heavy atom. The van der Waals surface area contributed by atoms with Crippen LogP contribution in [0.5, 0.6) is 5.75 Å². The standard InChI is InChI=1S/C21H21F3N2O2/c1-12(27)28-15-4-2-3-14(8-15)26-11-13-5-6-16(21(25)7-13)17-9-19(23)20(24)10-18(17)22/h2-5,8-10,16,21,26H,6-7,11,25H2,1H3. The summed E-state index contributed by atoms with van der Waals surface area (Å²) in [5.41, 5.74) is 8.11. The number of carbonyl (C=O) groups is 1. The third-order valence-corrected chi connectivity index (χ3v) is 4.73. The highest BCUT2D eigenvalue weighted by Crippen LogP contribution is 2.34. The fraction of sp³-hybridized carbons (Fsp3) is 0.286. The minimum atomic E-state index is -1.21. The van der Waals surface area contributed by atoms with Gasteiger partial charge >= 0.3 is 5.97 Å². The zero-order valence-corrected chi connectivity index (χ0v) is 15.3. The molecule has 2 atom stereocenters. The lowest BCUT2D eigenvalue weighted by atomic mass is 9.80. The quantitative estimate of drug-likeness (QED) is 0.346. The van der Waals surface area contributed by atoms with Gasteiger partial charge in [-0.2, -0.15) is 0 Å². The molecule has 7 heteroatoms. The highest BCUT2D eigenvalue weighted by molar-refractivity contribution is 5.69. The number of benzene rings is 2. The number of esters is 1. The summed E-state index contributed by atoms with van der Waals surface area (Å²) in [5, 5.41) is 3.23. The van der Waals surface area contributed by atoms with Crippen molar-refractivity contribution in [1.29, 1.82) is 0 Å². The molecular weight excluding hydrogens is 369 g/mol. The molecule has 0 radical (unpaired) electrons. The molecular formula is C21H21F3N2O2. The minimum absolute atomic E-state index is 0.101. The molecule has 3 rings (SSSR count). The van der Waals surface area contributed by atoms with Crippen molar-refractivity contribution < 1.29 is 22.7 Å². The van der Waals surface area contributed by atoms with Gasteiger partial charge < -0.3 is 15.8 Å². The summed E-state index contributed by atoms with van der Waals surface area (Å²) in [5.74, 6) is -3.42. The number of anilines is 1. The smallest absolute Gasteiger partial charge is 0.308 e. The maximum absolute atomic E-state index is 14.1. The largest absolute Gasteiger partial charge is 0.427 e. The molecule has 0 saturated carbocycles. The molecule has 0 amide bonds. The van der Waals surface area contributed by atoms with Crippen LogP contribution in [0.25, 0.3) is 0 Å². The van der Waals surface area contributed by atoms with E-state index in [2.05, 4.69) is 5.32 Å². The summed E-state index contributed by atoms with van der Waals surface area (Å²) < 4.78 is 45.8. The van der Waals surface area contributed by atoms with Crippen molar-refractivity contribution in [2.24, 2.45) is 5.73 Å². The lowest BCUT2D eigenvalue weighted by molar-refractivity contribution is -0.131. The number of halogens is 3. The minimum Gasteiger partial charge on any atom is -0.427 e. The zero-order valence-electron chi connectivity index (χ0n) is 15.3. The maximum Gasteiger partial charge on any atom is 0.308 e. The molecule has 1 aliphatic rings. The molecule has 2 aromatic rings. The van der Waals surface area contributed by atoms with Crippen LogP contribution in [0, 0.1) is 17.5 Å². The third-order valence-electron chi connectivity index (χ3n) is 4.73. The lowest BCUT2D eigenvalue weighted by Crippen LogP contribution is -2.33. The van der Waals surface area contributed by atoms with E-state index in [1.54, 1.807) is 18.2 Å². The van der Waals surface area contributed by atoms with Crippen molar-refractivity contribution in [2.75, 3.05) is 11.9 Å². The van der Waals surface area contributed by atoms with Gasteiger partial charge in [0.1, 0.15) is 11.6 Å². The monoisotopic (exact) mass is 390 g/mol. The predicted octanol–water partition coefficient (Wildman–Crippen LogP) is 4.27. The summed E-state index contributed by atoms with van der Waals surface area (Å²) >= 11 is 0. The van der Waals surface area contributed by atoms with E-state index < -0.39 is 35.4 Å². The van der Waals surface area contributed by atoms with Gasteiger partial charge in [0.2, 0.25) is 0 Å². The number of rotatable bonds is 5. The lowest BCUT2D eigenvalue weighted by Gasteiger charge is -2.29. The van der Waals surface area contributed by atoms with Crippen molar-refractivity contribution in [3.63, 3.8) is 0 Å². The van der Waals surface area contributed by atoms with Gasteiger partial charge in [0.15, 0.2) is 11.6 Å². The molecule has 0 fully saturated rings. The first-order chi connectivity index (χ1) is 13.3. The van der Waals surface area contributed by atoms with Gasteiger partial charge in [-0.3, -0.25) is 4.79 Å². The van der Waals surface area contributed by atoms with Crippen LogP contribution in [0.1, 0.15) is 31.2 Å². The van der Waals surface area contributed by atoms with E-state index >= 15 is 0 Å². The third kappa shape index (κ3) is 4.72. The highest BCUT2D eigenvalue weighted by Gasteiger charge is 2.27. The number of hydrogen-bond donors (Lipinski definition) is 2. The van der Waals surface area contributed by atoms with Gasteiger partial charge in [-0.05, 0) is 36.6 Å². The summed E-state index contributed by atoms with van der Waals surface area (Å²) in [6.45, 7) is 1.85. The molecule has 0 bridgehead atoms. The van der Waals surface area contributed by atoms with Crippen molar-refractivity contribution >= 4 is 11.7 Å². The molecule has 0 aliphatic heterocycles. The van der Waals surface area contributed by atoms with E-state index in [1.165, 1.54) is 6.92 Å². The van der Waals surface area contributed by atoms with Gasteiger partial charge in [0, 0.05) is 43.2 Å². The van der Waals surface area contributed by atoms with Crippen molar-refractivity contribution in [3.8, 4) is 5.75 Å². The Morgan fingerprint density at radius 3 is 2.64 bits per heavy atom. The molecule has 0 saturated heterocycles. The number of ether oxygens (including phenoxy) is 1. The van der Waals surface area contributed by atoms with Crippen molar-refractivity contribution in [3.05, 3.63) is 71.1 Å². The first kappa shape index (κ1) is 19.9. The Morgan fingerprint density at radius 2 is 1.93 bits per heavy atom. The fourth-order valence-electron chi connectivity index (χ4n) is 3.37. The highest BCUT2D eigenvalue weighted by atomic mass is 19.2. The van der Waals surface area contributed by atoms with Crippen LogP contribution in [-0.4, -0.2) is 18.6 Å². The molecule has 28 heavy (non-hydrogen) atoms. The van der Waals surface area contributed by atoms with E-state index in [-0.39, 0.29) is 5.56 Å². The molecule has 4 nitrogen and oxygen atoms in total. The number of hydrogen-bond acceptors (Lipinski definition) is 4. The number of nitrogens with two attached hydrogens (primary N) is 1. The number of carbonyl (C=O) groups excluding carboxylic acids is 1. The van der Waals surface area contributed by atoms with Gasteiger partial charge in [0.25, 0.3) is 0 Å². The van der Waals surface area contributed by atoms with Crippen LogP contribution in [0.2, 0.25) is 0 Å². The van der Waals surface area contributed by atoms with Gasteiger partial charge in [-0.15, -0.1) is 0 Å². The van der Waals surface area contributed by atoms with Crippen LogP contribution in [0.15, 0.2) is 48.0 Å². The molecule has 3 N–H and O–H groups in total. The molecule has 2 aromatic carbocycles. The average Bonchev–Trinajstić information content (AvgIpc) is 2.63. The molecule has 1 aliphatic carbocycles. The molecule has 148 valence electrons. The SMILES string of the molecule is CC(=O)Oc1cccc(NCC2=CCC(c3cc(F)c(F)cc3F)C(N)C2)c1. The van der Waals surface area contributed by atoms with Crippen LogP contribution in [0.4, 0.5) is 18.9 Å². The molecule has 0 aromatic heterocycles. The summed E-state index contributed by atoms with van der Waals surface area (Å²) in [6, 6.07) is 8.06. The second kappa shape index (κ2) is 8.48. The number of nitrogens with one attached hydrogen (secondary N) is 1. The topological polar surface area (TPSA) is 64.3 Å². The summed E-state index contributed by atoms with van der Waals surface area (Å²) in [7, 11) is 0. The number of allylic oxidation sites excluding steroid dienone is 1. The molecule has 0 spiro atoms. The summed E-state index contributed by atoms with van der Waals surface area (Å²) in [6.07, 6.45) is 2.88. The van der Waals surface area contributed by atoms with E-state index in [4.69, 9.17) is 10.5 Å². The Bertz CT molecular complexity index is 915. The van der Waals surface area contributed by atoms with Crippen LogP contribution in [-0.2, 0) is 4.79 Å². The van der Waals surface area contributed by atoms with Crippen molar-refractivity contribution in [2.45, 2.75) is 31.7 Å². The normalized spacial score (nSPS) is 19.1. The average molecular weight is 390 g/mol. The maximum atomic E-state index is 14.1. The van der Waals surface area contributed by atoms with Crippen LogP contribution >= 0.6 is 0 Å². The van der Waals surface area contributed by atoms with E-state index in [1.807, 2.05) is 12.1 Å². The Hall–Kier alpha value is -2.80. The Balaban J connectivity index is 1.65. The predicted molar refractivity (Wildman–Crippen MR) is 101 cm³/mol.